The summed E-state index contributed by atoms with van der Waals surface area (Å²) in [6, 6.07) is 13.9. The molecule has 1 amide bonds. The molecule has 36 heavy (non-hydrogen) atoms. The number of ether oxygens (including phenoxy) is 2. The predicted molar refractivity (Wildman–Crippen MR) is 143 cm³/mol. The topological polar surface area (TPSA) is 100 Å². The largest absolute Gasteiger partial charge is 0.460 e. The first-order chi connectivity index (χ1) is 17.3. The molecule has 0 fully saturated rings. The lowest BCUT2D eigenvalue weighted by Crippen LogP contribution is -2.30. The summed E-state index contributed by atoms with van der Waals surface area (Å²) in [5.74, 6) is -1.69. The summed E-state index contributed by atoms with van der Waals surface area (Å²) >= 11 is 19.5. The van der Waals surface area contributed by atoms with Crippen LogP contribution in [0.15, 0.2) is 64.3 Å². The fraction of sp³-hybridized carbons (Fsp3) is 0.240. The van der Waals surface area contributed by atoms with Gasteiger partial charge in [0, 0.05) is 23.5 Å². The van der Waals surface area contributed by atoms with Gasteiger partial charge in [-0.25, -0.2) is 4.79 Å². The number of hydrogen-bond donors (Lipinski definition) is 2. The molecule has 0 unspecified atom stereocenters. The monoisotopic (exact) mass is 565 g/mol. The van der Waals surface area contributed by atoms with Crippen molar-refractivity contribution < 1.29 is 19.1 Å². The number of dihydropyridines is 1. The molecule has 2 N–H and O–H groups in total. The summed E-state index contributed by atoms with van der Waals surface area (Å²) < 4.78 is 10.3. The zero-order chi connectivity index (χ0) is 26.2. The lowest BCUT2D eigenvalue weighted by atomic mass is 9.82. The highest BCUT2D eigenvalue weighted by atomic mass is 35.5. The van der Waals surface area contributed by atoms with E-state index in [1.54, 1.807) is 49.4 Å². The van der Waals surface area contributed by atoms with E-state index in [0.717, 1.165) is 11.8 Å². The average molecular weight is 567 g/mol. The molecular formula is C25H22Cl3N3O4S. The number of rotatable bonds is 9. The Hall–Kier alpha value is -2.67. The minimum atomic E-state index is -0.777. The molecule has 188 valence electrons. The number of amides is 1. The van der Waals surface area contributed by atoms with Crippen molar-refractivity contribution in [3.05, 3.63) is 85.0 Å². The Morgan fingerprint density at radius 3 is 2.53 bits per heavy atom. The first-order valence-electron chi connectivity index (χ1n) is 10.7. The van der Waals surface area contributed by atoms with Crippen molar-refractivity contribution in [2.75, 3.05) is 31.4 Å². The molecule has 1 heterocycles. The van der Waals surface area contributed by atoms with E-state index in [1.165, 1.54) is 7.11 Å². The van der Waals surface area contributed by atoms with Crippen LogP contribution in [0, 0.1) is 11.3 Å². The molecule has 7 nitrogen and oxygen atoms in total. The third kappa shape index (κ3) is 6.75. The maximum absolute atomic E-state index is 13.0. The Bertz CT molecular complexity index is 1270. The highest BCUT2D eigenvalue weighted by Gasteiger charge is 2.36. The molecule has 0 saturated heterocycles. The number of nitrogens with one attached hydrogen (secondary N) is 2. The zero-order valence-electron chi connectivity index (χ0n) is 19.4. The van der Waals surface area contributed by atoms with E-state index in [-0.39, 0.29) is 36.0 Å². The third-order valence-corrected chi connectivity index (χ3v) is 7.26. The number of hydrogen-bond acceptors (Lipinski definition) is 7. The van der Waals surface area contributed by atoms with Crippen LogP contribution < -0.4 is 10.6 Å². The van der Waals surface area contributed by atoms with Gasteiger partial charge < -0.3 is 20.1 Å². The number of nitriles is 1. The van der Waals surface area contributed by atoms with Crippen LogP contribution in [0.1, 0.15) is 18.4 Å². The maximum atomic E-state index is 13.0. The second-order valence-electron chi connectivity index (χ2n) is 7.57. The second-order valence-corrected chi connectivity index (χ2v) is 9.77. The van der Waals surface area contributed by atoms with Gasteiger partial charge in [0.15, 0.2) is 0 Å². The number of anilines is 1. The molecule has 0 radical (unpaired) electrons. The summed E-state index contributed by atoms with van der Waals surface area (Å²) in [4.78, 5) is 25.6. The summed E-state index contributed by atoms with van der Waals surface area (Å²) in [6.45, 7) is 2.00. The van der Waals surface area contributed by atoms with Crippen molar-refractivity contribution >= 4 is 64.1 Å². The molecule has 0 bridgehead atoms. The third-order valence-electron chi connectivity index (χ3n) is 5.16. The number of carbonyl (C=O) groups is 2. The predicted octanol–water partition coefficient (Wildman–Crippen LogP) is 5.90. The molecule has 0 saturated carbocycles. The van der Waals surface area contributed by atoms with Crippen LogP contribution in [0.5, 0.6) is 0 Å². The van der Waals surface area contributed by atoms with Gasteiger partial charge in [0.05, 0.1) is 50.6 Å². The van der Waals surface area contributed by atoms with Crippen LogP contribution in [-0.2, 0) is 19.1 Å². The van der Waals surface area contributed by atoms with E-state index in [4.69, 9.17) is 44.3 Å². The van der Waals surface area contributed by atoms with E-state index in [2.05, 4.69) is 16.7 Å². The van der Waals surface area contributed by atoms with E-state index >= 15 is 0 Å². The van der Waals surface area contributed by atoms with Crippen LogP contribution in [-0.4, -0.2) is 38.0 Å². The molecule has 2 aromatic rings. The van der Waals surface area contributed by atoms with Crippen molar-refractivity contribution in [2.24, 2.45) is 0 Å². The molecule has 1 atom stereocenters. The van der Waals surface area contributed by atoms with E-state index < -0.39 is 11.9 Å². The van der Waals surface area contributed by atoms with Gasteiger partial charge in [-0.05, 0) is 36.8 Å². The van der Waals surface area contributed by atoms with Crippen molar-refractivity contribution in [3.63, 3.8) is 0 Å². The standard InChI is InChI=1S/C25H22Cl3N3O4S/c1-14-22(25(33)35-10-9-34-2)23(16-5-3-4-6-18(16)26)17(12-29)24(30-14)36-13-21(32)31-15-7-8-19(27)20(28)11-15/h3-8,11,23,30H,9-10,13H2,1-2H3,(H,31,32)/t23-/m1/s1. The maximum Gasteiger partial charge on any atom is 0.336 e. The number of methoxy groups -OCH3 is 1. The van der Waals surface area contributed by atoms with Gasteiger partial charge in [-0.15, -0.1) is 0 Å². The fourth-order valence-electron chi connectivity index (χ4n) is 3.52. The number of carbonyl (C=O) groups excluding carboxylic acids is 2. The quantitative estimate of drug-likeness (QED) is 0.288. The highest BCUT2D eigenvalue weighted by Crippen LogP contribution is 2.43. The van der Waals surface area contributed by atoms with Crippen molar-refractivity contribution in [2.45, 2.75) is 12.8 Å². The Labute approximate surface area is 228 Å². The number of nitrogens with zero attached hydrogens (tertiary/aromatic N) is 1. The van der Waals surface area contributed by atoms with Gasteiger partial charge >= 0.3 is 5.97 Å². The molecule has 3 rings (SSSR count). The highest BCUT2D eigenvalue weighted by molar-refractivity contribution is 8.03. The van der Waals surface area contributed by atoms with Gasteiger partial charge in [0.25, 0.3) is 0 Å². The molecule has 2 aromatic carbocycles. The van der Waals surface area contributed by atoms with Gasteiger partial charge in [-0.3, -0.25) is 4.79 Å². The Morgan fingerprint density at radius 1 is 1.11 bits per heavy atom. The fourth-order valence-corrected chi connectivity index (χ4v) is 4.96. The summed E-state index contributed by atoms with van der Waals surface area (Å²) in [5.41, 5.74) is 2.08. The smallest absolute Gasteiger partial charge is 0.336 e. The van der Waals surface area contributed by atoms with Crippen LogP contribution in [0.25, 0.3) is 0 Å². The minimum absolute atomic E-state index is 0.0100. The lowest BCUT2D eigenvalue weighted by Gasteiger charge is -2.29. The van der Waals surface area contributed by atoms with Crippen molar-refractivity contribution in [1.29, 1.82) is 5.26 Å². The summed E-state index contributed by atoms with van der Waals surface area (Å²) in [5, 5.41) is 17.5. The average Bonchev–Trinajstić information content (AvgIpc) is 2.85. The first kappa shape index (κ1) is 27.9. The summed E-state index contributed by atoms with van der Waals surface area (Å²) in [6.07, 6.45) is 0. The molecule has 0 aromatic heterocycles. The van der Waals surface area contributed by atoms with Crippen LogP contribution >= 0.6 is 46.6 Å². The van der Waals surface area contributed by atoms with Gasteiger partial charge in [-0.1, -0.05) is 64.8 Å². The van der Waals surface area contributed by atoms with E-state index in [0.29, 0.717) is 37.0 Å². The van der Waals surface area contributed by atoms with E-state index in [9.17, 15) is 14.9 Å². The number of thioether (sulfide) groups is 1. The molecule has 1 aliphatic heterocycles. The minimum Gasteiger partial charge on any atom is -0.460 e. The van der Waals surface area contributed by atoms with Gasteiger partial charge in [-0.2, -0.15) is 5.26 Å². The first-order valence-corrected chi connectivity index (χ1v) is 12.8. The van der Waals surface area contributed by atoms with Crippen LogP contribution in [0.3, 0.4) is 0 Å². The number of benzene rings is 2. The number of halogens is 3. The Kier molecular flexibility index (Phi) is 10.1. The number of esters is 1. The molecule has 0 spiro atoms. The second kappa shape index (κ2) is 13.0. The van der Waals surface area contributed by atoms with Gasteiger partial charge in [0.2, 0.25) is 5.91 Å². The Balaban J connectivity index is 1.88. The zero-order valence-corrected chi connectivity index (χ0v) is 22.4. The van der Waals surface area contributed by atoms with Crippen molar-refractivity contribution in [1.82, 2.24) is 5.32 Å². The number of allylic oxidation sites excluding steroid dienone is 2. The SMILES string of the molecule is COCCOC(=O)C1=C(C)NC(SCC(=O)Nc2ccc(Cl)c(Cl)c2)=C(C#N)[C@H]1c1ccccc1Cl. The Morgan fingerprint density at radius 2 is 1.86 bits per heavy atom. The molecule has 0 aliphatic carbocycles. The van der Waals surface area contributed by atoms with Crippen molar-refractivity contribution in [3.8, 4) is 6.07 Å². The molecule has 11 heteroatoms. The molecular weight excluding hydrogens is 545 g/mol. The summed E-state index contributed by atoms with van der Waals surface area (Å²) in [7, 11) is 1.50. The van der Waals surface area contributed by atoms with Crippen LogP contribution in [0.4, 0.5) is 5.69 Å². The normalized spacial score (nSPS) is 15.3. The lowest BCUT2D eigenvalue weighted by molar-refractivity contribution is -0.140. The molecule has 1 aliphatic rings. The van der Waals surface area contributed by atoms with E-state index in [1.807, 2.05) is 0 Å². The van der Waals surface area contributed by atoms with Crippen LogP contribution in [0.2, 0.25) is 15.1 Å². The van der Waals surface area contributed by atoms with Gasteiger partial charge in [0.1, 0.15) is 6.61 Å².